The van der Waals surface area contributed by atoms with Crippen molar-refractivity contribution in [1.82, 2.24) is 0 Å². The zero-order chi connectivity index (χ0) is 20.8. The Hall–Kier alpha value is -2.47. The highest BCUT2D eigenvalue weighted by atomic mass is 127. The van der Waals surface area contributed by atoms with Crippen molar-refractivity contribution in [3.05, 3.63) is 98.6 Å². The summed E-state index contributed by atoms with van der Waals surface area (Å²) < 4.78 is 1.08. The second-order valence-electron chi connectivity index (χ2n) is 8.94. The highest BCUT2D eigenvalue weighted by molar-refractivity contribution is 14.1. The van der Waals surface area contributed by atoms with Gasteiger partial charge in [-0.25, -0.2) is 4.90 Å². The van der Waals surface area contributed by atoms with Crippen LogP contribution in [-0.2, 0) is 20.4 Å². The van der Waals surface area contributed by atoms with Crippen LogP contribution in [0.15, 0.2) is 72.8 Å². The van der Waals surface area contributed by atoms with E-state index in [4.69, 9.17) is 0 Å². The Morgan fingerprint density at radius 1 is 0.667 bits per heavy atom. The predicted octanol–water partition coefficient (Wildman–Crippen LogP) is 5.04. The topological polar surface area (TPSA) is 37.4 Å². The summed E-state index contributed by atoms with van der Waals surface area (Å²) in [6.07, 6.45) is 0. The summed E-state index contributed by atoms with van der Waals surface area (Å²) in [6, 6.07) is 24.4. The number of amides is 2. The molecule has 3 nitrogen and oxygen atoms in total. The first-order valence-corrected chi connectivity index (χ1v) is 11.3. The molecule has 0 aromatic heterocycles. The molecular weight excluding hydrogens is 485 g/mol. The normalized spacial score (nSPS) is 30.8. The summed E-state index contributed by atoms with van der Waals surface area (Å²) in [5.74, 6) is -0.967. The van der Waals surface area contributed by atoms with E-state index in [0.717, 1.165) is 3.57 Å². The third-order valence-corrected chi connectivity index (χ3v) is 8.45. The van der Waals surface area contributed by atoms with Gasteiger partial charge in [-0.3, -0.25) is 9.59 Å². The minimum Gasteiger partial charge on any atom is -0.274 e. The Morgan fingerprint density at radius 3 is 1.40 bits per heavy atom. The summed E-state index contributed by atoms with van der Waals surface area (Å²) in [4.78, 5) is 29.2. The number of imide groups is 1. The number of halogens is 1. The molecule has 4 aliphatic rings. The molecule has 1 heterocycles. The number of hydrogen-bond donors (Lipinski definition) is 0. The Bertz CT molecular complexity index is 1120. The van der Waals surface area contributed by atoms with Gasteiger partial charge in [0.05, 0.1) is 17.5 Å². The Labute approximate surface area is 189 Å². The molecule has 0 N–H and O–H groups in total. The van der Waals surface area contributed by atoms with E-state index >= 15 is 0 Å². The van der Waals surface area contributed by atoms with Crippen molar-refractivity contribution in [1.29, 1.82) is 0 Å². The number of rotatable bonds is 1. The SMILES string of the molecule is CC12c3ccccc3C(C)(c3ccccc31)[C@@H]1C(=O)N(c3ccc(I)cc3)C(=O)[C@H]12. The van der Waals surface area contributed by atoms with Gasteiger partial charge in [-0.1, -0.05) is 62.4 Å². The lowest BCUT2D eigenvalue weighted by Gasteiger charge is -2.57. The van der Waals surface area contributed by atoms with Gasteiger partial charge < -0.3 is 0 Å². The number of hydrogen-bond acceptors (Lipinski definition) is 2. The molecule has 1 aliphatic heterocycles. The molecule has 2 amide bonds. The van der Waals surface area contributed by atoms with Crippen LogP contribution in [0.5, 0.6) is 0 Å². The number of anilines is 1. The van der Waals surface area contributed by atoms with Gasteiger partial charge in [0.15, 0.2) is 0 Å². The molecular formula is C26H20INO2. The average Bonchev–Trinajstić information content (AvgIpc) is 3.04. The van der Waals surface area contributed by atoms with Crippen molar-refractivity contribution in [2.24, 2.45) is 11.8 Å². The second-order valence-corrected chi connectivity index (χ2v) is 10.2. The van der Waals surface area contributed by atoms with Crippen LogP contribution in [0.1, 0.15) is 36.1 Å². The minimum absolute atomic E-state index is 0.0797. The zero-order valence-corrected chi connectivity index (χ0v) is 18.9. The van der Waals surface area contributed by atoms with E-state index < -0.39 is 22.7 Å². The van der Waals surface area contributed by atoms with E-state index in [1.165, 1.54) is 27.2 Å². The predicted molar refractivity (Wildman–Crippen MR) is 124 cm³/mol. The summed E-state index contributed by atoms with van der Waals surface area (Å²) in [5.41, 5.74) is 4.33. The standard InChI is InChI=1S/C26H20INO2/c1-25-17-7-3-5-9-19(17)26(2,20-10-6-4-8-18(20)25)22-21(25)23(29)28(24(22)30)16-13-11-15(27)12-14-16/h3-14,21-22H,1-2H3/t21-,22-,25?,26?/m0/s1. The van der Waals surface area contributed by atoms with Gasteiger partial charge in [0.25, 0.3) is 0 Å². The average molecular weight is 505 g/mol. The molecule has 0 saturated carbocycles. The van der Waals surface area contributed by atoms with E-state index in [0.29, 0.717) is 5.69 Å². The first-order valence-electron chi connectivity index (χ1n) is 10.2. The first kappa shape index (κ1) is 18.3. The van der Waals surface area contributed by atoms with Crippen molar-refractivity contribution in [2.45, 2.75) is 24.7 Å². The lowest BCUT2D eigenvalue weighted by molar-refractivity contribution is -0.124. The molecule has 4 heteroatoms. The fourth-order valence-corrected chi connectivity index (χ4v) is 6.77. The molecule has 7 rings (SSSR count). The number of carbonyl (C=O) groups excluding carboxylic acids is 2. The molecule has 1 fully saturated rings. The Balaban J connectivity index is 1.66. The fraction of sp³-hybridized carbons (Fsp3) is 0.231. The third kappa shape index (κ3) is 1.92. The van der Waals surface area contributed by atoms with Gasteiger partial charge in [-0.15, -0.1) is 0 Å². The van der Waals surface area contributed by atoms with Crippen LogP contribution in [-0.4, -0.2) is 11.8 Å². The fourth-order valence-electron chi connectivity index (χ4n) is 6.42. The van der Waals surface area contributed by atoms with Crippen molar-refractivity contribution >= 4 is 40.1 Å². The van der Waals surface area contributed by atoms with Crippen molar-refractivity contribution in [3.63, 3.8) is 0 Å². The zero-order valence-electron chi connectivity index (χ0n) is 16.7. The van der Waals surface area contributed by atoms with Crippen LogP contribution in [0.25, 0.3) is 0 Å². The number of carbonyl (C=O) groups is 2. The van der Waals surface area contributed by atoms with E-state index in [2.05, 4.69) is 60.7 Å². The maximum absolute atomic E-state index is 13.9. The van der Waals surface area contributed by atoms with Crippen LogP contribution in [0.4, 0.5) is 5.69 Å². The maximum Gasteiger partial charge on any atom is 0.238 e. The van der Waals surface area contributed by atoms with Gasteiger partial charge in [0, 0.05) is 14.4 Å². The largest absolute Gasteiger partial charge is 0.274 e. The van der Waals surface area contributed by atoms with Gasteiger partial charge in [-0.2, -0.15) is 0 Å². The van der Waals surface area contributed by atoms with Crippen LogP contribution >= 0.6 is 22.6 Å². The van der Waals surface area contributed by atoms with Crippen LogP contribution in [0, 0.1) is 15.4 Å². The van der Waals surface area contributed by atoms with E-state index in [9.17, 15) is 9.59 Å². The highest BCUT2D eigenvalue weighted by Crippen LogP contribution is 2.66. The van der Waals surface area contributed by atoms with Crippen LogP contribution in [0.3, 0.4) is 0 Å². The monoisotopic (exact) mass is 505 g/mol. The van der Waals surface area contributed by atoms with Crippen molar-refractivity contribution < 1.29 is 9.59 Å². The lowest BCUT2D eigenvalue weighted by atomic mass is 9.42. The molecule has 0 unspecified atom stereocenters. The van der Waals surface area contributed by atoms with Gasteiger partial charge >= 0.3 is 0 Å². The Kier molecular flexibility index (Phi) is 3.55. The number of nitrogens with zero attached hydrogens (tertiary/aromatic N) is 1. The van der Waals surface area contributed by atoms with Crippen LogP contribution in [0.2, 0.25) is 0 Å². The third-order valence-electron chi connectivity index (χ3n) is 7.73. The van der Waals surface area contributed by atoms with Crippen molar-refractivity contribution in [3.8, 4) is 0 Å². The van der Waals surface area contributed by atoms with Gasteiger partial charge in [0.2, 0.25) is 11.8 Å². The lowest BCUT2D eigenvalue weighted by Crippen LogP contribution is -2.59. The molecule has 30 heavy (non-hydrogen) atoms. The maximum atomic E-state index is 13.9. The Morgan fingerprint density at radius 2 is 1.03 bits per heavy atom. The highest BCUT2D eigenvalue weighted by Gasteiger charge is 2.70. The molecule has 0 radical (unpaired) electrons. The summed E-state index contributed by atoms with van der Waals surface area (Å²) >= 11 is 2.24. The van der Waals surface area contributed by atoms with E-state index in [1.54, 1.807) is 0 Å². The summed E-state index contributed by atoms with van der Waals surface area (Å²) in [7, 11) is 0. The van der Waals surface area contributed by atoms with Gasteiger partial charge in [-0.05, 0) is 69.1 Å². The quantitative estimate of drug-likeness (QED) is 0.344. The van der Waals surface area contributed by atoms with E-state index in [1.807, 2.05) is 48.5 Å². The second kappa shape index (κ2) is 5.82. The molecule has 0 spiro atoms. The minimum atomic E-state index is -0.527. The van der Waals surface area contributed by atoms with Gasteiger partial charge in [0.1, 0.15) is 0 Å². The molecule has 2 atom stereocenters. The van der Waals surface area contributed by atoms with Crippen LogP contribution < -0.4 is 4.90 Å². The molecule has 3 aliphatic carbocycles. The molecule has 2 bridgehead atoms. The molecule has 3 aromatic rings. The number of benzene rings is 3. The molecule has 1 saturated heterocycles. The van der Waals surface area contributed by atoms with E-state index in [-0.39, 0.29) is 11.8 Å². The smallest absolute Gasteiger partial charge is 0.238 e. The first-order chi connectivity index (χ1) is 14.4. The van der Waals surface area contributed by atoms with Crippen molar-refractivity contribution in [2.75, 3.05) is 4.90 Å². The molecule has 3 aromatic carbocycles. The summed E-state index contributed by atoms with van der Waals surface area (Å²) in [6.45, 7) is 4.31. The molecule has 148 valence electrons. The summed E-state index contributed by atoms with van der Waals surface area (Å²) in [5, 5.41) is 0.